The molecule has 6 aliphatic rings. The van der Waals surface area contributed by atoms with Crippen molar-refractivity contribution in [3.63, 3.8) is 0 Å². The van der Waals surface area contributed by atoms with Gasteiger partial charge in [-0.3, -0.25) is 5.10 Å². The lowest BCUT2D eigenvalue weighted by Gasteiger charge is -2.56. The summed E-state index contributed by atoms with van der Waals surface area (Å²) in [5.41, 5.74) is 2.31. The first-order valence-electron chi connectivity index (χ1n) is 10.5. The molecule has 1 amide bonds. The molecule has 9 bridgehead atoms. The van der Waals surface area contributed by atoms with Crippen LogP contribution >= 0.6 is 0 Å². The minimum atomic E-state index is -0.271. The fraction of sp³-hybridized carbons (Fsp3) is 0.571. The molecule has 3 saturated carbocycles. The zero-order valence-electron chi connectivity index (χ0n) is 16.2. The summed E-state index contributed by atoms with van der Waals surface area (Å²) in [5, 5.41) is 13.9. The van der Waals surface area contributed by atoms with Gasteiger partial charge in [0.05, 0.1) is 0 Å². The van der Waals surface area contributed by atoms with E-state index in [1.807, 2.05) is 18.2 Å². The zero-order valence-corrected chi connectivity index (χ0v) is 16.2. The normalized spacial score (nSPS) is 35.2. The Hall–Kier alpha value is -2.77. The van der Waals surface area contributed by atoms with Gasteiger partial charge in [-0.15, -0.1) is 0 Å². The van der Waals surface area contributed by atoms with Gasteiger partial charge in [0.15, 0.2) is 5.82 Å². The van der Waals surface area contributed by atoms with E-state index < -0.39 is 0 Å². The van der Waals surface area contributed by atoms with Crippen LogP contribution in [0.25, 0.3) is 0 Å². The van der Waals surface area contributed by atoms with Gasteiger partial charge in [-0.2, -0.15) is 5.10 Å². The van der Waals surface area contributed by atoms with Gasteiger partial charge < -0.3 is 20.1 Å². The number of carbonyl (C=O) groups excluding carboxylic acids is 1. The monoisotopic (exact) mass is 395 g/mol. The summed E-state index contributed by atoms with van der Waals surface area (Å²) in [6.07, 6.45) is 8.44. The van der Waals surface area contributed by atoms with Gasteiger partial charge in [0.2, 0.25) is 5.88 Å². The first-order chi connectivity index (χ1) is 14.1. The van der Waals surface area contributed by atoms with E-state index >= 15 is 0 Å². The molecule has 2 aromatic heterocycles. The number of anilines is 2. The quantitative estimate of drug-likeness (QED) is 0.630. The van der Waals surface area contributed by atoms with E-state index in [-0.39, 0.29) is 24.3 Å². The lowest BCUT2D eigenvalue weighted by Crippen LogP contribution is -2.59. The van der Waals surface area contributed by atoms with Gasteiger partial charge in [0, 0.05) is 41.7 Å². The highest BCUT2D eigenvalue weighted by Crippen LogP contribution is 2.56. The number of aromatic nitrogens is 3. The lowest BCUT2D eigenvalue weighted by molar-refractivity contribution is -0.0859. The molecule has 0 aromatic carbocycles. The molecule has 2 atom stereocenters. The number of pyridine rings is 1. The van der Waals surface area contributed by atoms with Crippen molar-refractivity contribution in [1.82, 2.24) is 20.5 Å². The highest BCUT2D eigenvalue weighted by molar-refractivity contribution is 5.68. The number of nitrogens with one attached hydrogen (secondary N) is 3. The van der Waals surface area contributed by atoms with Crippen LogP contribution in [0.2, 0.25) is 0 Å². The van der Waals surface area contributed by atoms with Crippen molar-refractivity contribution in [3.05, 3.63) is 30.1 Å². The second kappa shape index (κ2) is 6.37. The molecule has 3 N–H and O–H groups in total. The van der Waals surface area contributed by atoms with Gasteiger partial charge in [0.1, 0.15) is 12.2 Å². The summed E-state index contributed by atoms with van der Waals surface area (Å²) in [6.45, 7) is 0. The maximum absolute atomic E-state index is 12.3. The van der Waals surface area contributed by atoms with Crippen molar-refractivity contribution in [3.8, 4) is 5.88 Å². The number of ether oxygens (including phenoxy) is 2. The third kappa shape index (κ3) is 3.20. The number of hydrogen-bond acceptors (Lipinski definition) is 6. The molecule has 1 spiro atoms. The summed E-state index contributed by atoms with van der Waals surface area (Å²) < 4.78 is 11.8. The maximum atomic E-state index is 12.3. The largest absolute Gasteiger partial charge is 0.474 e. The smallest absolute Gasteiger partial charge is 0.407 e. The third-order valence-corrected chi connectivity index (χ3v) is 6.99. The molecule has 3 aliphatic heterocycles. The SMILES string of the molecule is O=C1NC2CC3(C2)CC(C3)Oc2cc(ccn2)Nc2cc([nH]n2)[C@H]2CC[C@H](C2)O1. The van der Waals surface area contributed by atoms with Crippen molar-refractivity contribution in [2.24, 2.45) is 5.41 Å². The Bertz CT molecular complexity index is 930. The van der Waals surface area contributed by atoms with E-state index in [2.05, 4.69) is 25.8 Å². The molecule has 152 valence electrons. The van der Waals surface area contributed by atoms with Crippen LogP contribution in [0.5, 0.6) is 5.88 Å². The molecule has 3 fully saturated rings. The Balaban J connectivity index is 1.24. The van der Waals surface area contributed by atoms with E-state index in [0.717, 1.165) is 62.1 Å². The zero-order chi connectivity index (χ0) is 19.4. The van der Waals surface area contributed by atoms with Crippen LogP contribution in [0.1, 0.15) is 56.6 Å². The summed E-state index contributed by atoms with van der Waals surface area (Å²) in [7, 11) is 0. The number of H-pyrrole nitrogens is 1. The van der Waals surface area contributed by atoms with Crippen molar-refractivity contribution >= 4 is 17.6 Å². The summed E-state index contributed by atoms with van der Waals surface area (Å²) >= 11 is 0. The van der Waals surface area contributed by atoms with Crippen LogP contribution in [-0.4, -0.2) is 39.5 Å². The van der Waals surface area contributed by atoms with E-state index in [4.69, 9.17) is 9.47 Å². The van der Waals surface area contributed by atoms with Gasteiger partial charge in [-0.05, 0) is 56.4 Å². The standard InChI is InChI=1S/C21H25N5O3/c27-20-24-14-8-21(9-14)10-16(11-21)28-19-6-13(3-4-22-19)23-18-7-17(25-26-18)12-1-2-15(5-12)29-20/h3-4,6-7,12,14-16H,1-2,5,8-11H2,(H,24,27)(H2,23,25,26)/t12-,14?,15+,16?,21?/m0/s1. The van der Waals surface area contributed by atoms with Gasteiger partial charge in [-0.1, -0.05) is 0 Å². The van der Waals surface area contributed by atoms with Crippen molar-refractivity contribution in [1.29, 1.82) is 0 Å². The fourth-order valence-electron chi connectivity index (χ4n) is 5.57. The predicted octanol–water partition coefficient (Wildman–Crippen LogP) is 3.61. The number of rotatable bonds is 0. The van der Waals surface area contributed by atoms with Crippen molar-refractivity contribution in [2.75, 3.05) is 5.32 Å². The highest BCUT2D eigenvalue weighted by Gasteiger charge is 2.54. The Morgan fingerprint density at radius 1 is 1.07 bits per heavy atom. The maximum Gasteiger partial charge on any atom is 0.407 e. The lowest BCUT2D eigenvalue weighted by atomic mass is 9.53. The average molecular weight is 395 g/mol. The molecule has 3 aliphatic carbocycles. The predicted molar refractivity (Wildman–Crippen MR) is 105 cm³/mol. The molecule has 8 nitrogen and oxygen atoms in total. The first-order valence-corrected chi connectivity index (χ1v) is 10.5. The van der Waals surface area contributed by atoms with Gasteiger partial charge in [-0.25, -0.2) is 9.78 Å². The second-order valence-electron chi connectivity index (χ2n) is 9.15. The number of carbonyl (C=O) groups is 1. The molecular formula is C21H25N5O3. The van der Waals surface area contributed by atoms with E-state index in [9.17, 15) is 4.79 Å². The molecule has 5 heterocycles. The minimum Gasteiger partial charge on any atom is -0.474 e. The molecule has 8 heteroatoms. The number of aromatic amines is 1. The van der Waals surface area contributed by atoms with Gasteiger partial charge in [0.25, 0.3) is 0 Å². The summed E-state index contributed by atoms with van der Waals surface area (Å²) in [6, 6.07) is 6.10. The average Bonchev–Trinajstić information content (AvgIpc) is 3.27. The minimum absolute atomic E-state index is 0.0277. The fourth-order valence-corrected chi connectivity index (χ4v) is 5.57. The van der Waals surface area contributed by atoms with E-state index in [1.165, 1.54) is 0 Å². The number of alkyl carbamates (subject to hydrolysis) is 1. The van der Waals surface area contributed by atoms with Crippen LogP contribution < -0.4 is 15.4 Å². The van der Waals surface area contributed by atoms with Crippen molar-refractivity contribution < 1.29 is 14.3 Å². The van der Waals surface area contributed by atoms with Crippen LogP contribution in [0.4, 0.5) is 16.3 Å². The van der Waals surface area contributed by atoms with Crippen molar-refractivity contribution in [2.45, 2.75) is 69.1 Å². The third-order valence-electron chi connectivity index (χ3n) is 6.99. The van der Waals surface area contributed by atoms with Crippen LogP contribution in [0.15, 0.2) is 24.4 Å². The molecule has 0 radical (unpaired) electrons. The number of nitrogens with zero attached hydrogens (tertiary/aromatic N) is 2. The highest BCUT2D eigenvalue weighted by atomic mass is 16.6. The topological polar surface area (TPSA) is 101 Å². The molecular weight excluding hydrogens is 370 g/mol. The summed E-state index contributed by atoms with van der Waals surface area (Å²) in [4.78, 5) is 16.7. The van der Waals surface area contributed by atoms with E-state index in [0.29, 0.717) is 17.2 Å². The molecule has 8 rings (SSSR count). The Morgan fingerprint density at radius 3 is 2.86 bits per heavy atom. The number of amides is 1. The van der Waals surface area contributed by atoms with E-state index in [1.54, 1.807) is 6.20 Å². The Labute approximate surface area is 168 Å². The molecule has 29 heavy (non-hydrogen) atoms. The summed E-state index contributed by atoms with van der Waals surface area (Å²) in [5.74, 6) is 1.73. The Kier molecular flexibility index (Phi) is 3.76. The van der Waals surface area contributed by atoms with Gasteiger partial charge >= 0.3 is 6.09 Å². The van der Waals surface area contributed by atoms with Crippen LogP contribution in [-0.2, 0) is 4.74 Å². The Morgan fingerprint density at radius 2 is 1.97 bits per heavy atom. The molecule has 0 saturated heterocycles. The first kappa shape index (κ1) is 17.1. The molecule has 2 aromatic rings. The van der Waals surface area contributed by atoms with Crippen LogP contribution in [0.3, 0.4) is 0 Å². The van der Waals surface area contributed by atoms with Crippen LogP contribution in [0, 0.1) is 5.41 Å². The second-order valence-corrected chi connectivity index (χ2v) is 9.15. The number of hydrogen-bond donors (Lipinski definition) is 3. The molecule has 0 unspecified atom stereocenters.